The highest BCUT2D eigenvalue weighted by atomic mass is 16.2. The Bertz CT molecular complexity index is 213. The van der Waals surface area contributed by atoms with E-state index in [0.29, 0.717) is 11.9 Å². The lowest BCUT2D eigenvalue weighted by molar-refractivity contribution is -0.159. The van der Waals surface area contributed by atoms with Crippen molar-refractivity contribution in [2.75, 3.05) is 26.2 Å². The fourth-order valence-corrected chi connectivity index (χ4v) is 2.42. The van der Waals surface area contributed by atoms with Gasteiger partial charge in [0.05, 0.1) is 0 Å². The van der Waals surface area contributed by atoms with Gasteiger partial charge in [-0.3, -0.25) is 9.80 Å². The molecule has 4 heteroatoms. The molecule has 2 fully saturated rings. The summed E-state index contributed by atoms with van der Waals surface area (Å²) in [5.41, 5.74) is 0. The predicted octanol–water partition coefficient (Wildman–Crippen LogP) is 0.208. The largest absolute Gasteiger partial charge is 0.315 e. The molecule has 0 aromatic heterocycles. The van der Waals surface area contributed by atoms with Crippen molar-refractivity contribution in [3.8, 4) is 0 Å². The Morgan fingerprint density at radius 3 is 3.07 bits per heavy atom. The Hall–Kier alpha value is -0.610. The van der Waals surface area contributed by atoms with Crippen LogP contribution in [0.1, 0.15) is 26.2 Å². The molecular weight excluding hydrogens is 178 g/mol. The van der Waals surface area contributed by atoms with Crippen LogP contribution in [0.15, 0.2) is 0 Å². The van der Waals surface area contributed by atoms with Gasteiger partial charge in [0.15, 0.2) is 0 Å². The Morgan fingerprint density at radius 2 is 2.43 bits per heavy atom. The van der Waals surface area contributed by atoms with Gasteiger partial charge in [-0.15, -0.1) is 0 Å². The van der Waals surface area contributed by atoms with E-state index in [1.54, 1.807) is 0 Å². The molecule has 1 unspecified atom stereocenters. The summed E-state index contributed by atoms with van der Waals surface area (Å²) in [5.74, 6) is 0.297. The zero-order valence-corrected chi connectivity index (χ0v) is 8.83. The second kappa shape index (κ2) is 4.28. The van der Waals surface area contributed by atoms with Gasteiger partial charge >= 0.3 is 0 Å². The van der Waals surface area contributed by atoms with Gasteiger partial charge in [-0.05, 0) is 26.3 Å². The van der Waals surface area contributed by atoms with E-state index >= 15 is 0 Å². The molecule has 80 valence electrons. The van der Waals surface area contributed by atoms with E-state index in [2.05, 4.69) is 17.2 Å². The van der Waals surface area contributed by atoms with Crippen LogP contribution in [-0.4, -0.2) is 48.1 Å². The van der Waals surface area contributed by atoms with Crippen molar-refractivity contribution in [3.63, 3.8) is 0 Å². The summed E-state index contributed by atoms with van der Waals surface area (Å²) < 4.78 is 0. The van der Waals surface area contributed by atoms with Crippen LogP contribution in [0.3, 0.4) is 0 Å². The summed E-state index contributed by atoms with van der Waals surface area (Å²) in [7, 11) is 0. The highest BCUT2D eigenvalue weighted by Gasteiger charge is 2.31. The van der Waals surface area contributed by atoms with E-state index in [1.165, 1.54) is 6.42 Å². The standard InChI is InChI=1S/C10H19N3O/c1-2-12-10(14)4-3-7-13(12)9-5-6-11-8-9/h9,11H,2-8H2,1H3. The smallest absolute Gasteiger partial charge is 0.236 e. The molecule has 0 aliphatic carbocycles. The van der Waals surface area contributed by atoms with Crippen molar-refractivity contribution in [3.05, 3.63) is 0 Å². The van der Waals surface area contributed by atoms with Crippen molar-refractivity contribution in [1.82, 2.24) is 15.3 Å². The maximum Gasteiger partial charge on any atom is 0.236 e. The molecular formula is C10H19N3O. The van der Waals surface area contributed by atoms with Crippen molar-refractivity contribution < 1.29 is 4.79 Å². The fourth-order valence-electron chi connectivity index (χ4n) is 2.42. The van der Waals surface area contributed by atoms with Gasteiger partial charge in [0.25, 0.3) is 0 Å². The Kier molecular flexibility index (Phi) is 3.03. The predicted molar refractivity (Wildman–Crippen MR) is 54.6 cm³/mol. The molecule has 0 saturated carbocycles. The number of hydrogen-bond donors (Lipinski definition) is 1. The summed E-state index contributed by atoms with van der Waals surface area (Å²) in [6, 6.07) is 0.541. The number of hydrazine groups is 1. The fraction of sp³-hybridized carbons (Fsp3) is 0.900. The number of amides is 1. The van der Waals surface area contributed by atoms with E-state index in [4.69, 9.17) is 0 Å². The van der Waals surface area contributed by atoms with Crippen LogP contribution in [0.25, 0.3) is 0 Å². The SMILES string of the molecule is CCN1C(=O)CCCN1C1CCNC1. The minimum Gasteiger partial charge on any atom is -0.315 e. The van der Waals surface area contributed by atoms with Gasteiger partial charge in [0.2, 0.25) is 5.91 Å². The van der Waals surface area contributed by atoms with Crippen molar-refractivity contribution >= 4 is 5.91 Å². The molecule has 0 radical (unpaired) electrons. The topological polar surface area (TPSA) is 35.6 Å². The third-order valence-corrected chi connectivity index (χ3v) is 3.13. The first-order chi connectivity index (χ1) is 6.83. The van der Waals surface area contributed by atoms with Crippen LogP contribution < -0.4 is 5.32 Å². The molecule has 0 bridgehead atoms. The Labute approximate surface area is 85.2 Å². The van der Waals surface area contributed by atoms with Crippen LogP contribution in [0.4, 0.5) is 0 Å². The Morgan fingerprint density at radius 1 is 1.57 bits per heavy atom. The molecule has 2 aliphatic rings. The number of carbonyl (C=O) groups excluding carboxylic acids is 1. The van der Waals surface area contributed by atoms with Gasteiger partial charge in [-0.25, -0.2) is 5.01 Å². The molecule has 2 aliphatic heterocycles. The first-order valence-electron chi connectivity index (χ1n) is 5.60. The van der Waals surface area contributed by atoms with Gasteiger partial charge < -0.3 is 5.32 Å². The van der Waals surface area contributed by atoms with Gasteiger partial charge in [-0.1, -0.05) is 0 Å². The molecule has 2 heterocycles. The molecule has 0 aromatic rings. The number of nitrogens with zero attached hydrogens (tertiary/aromatic N) is 2. The molecule has 1 amide bonds. The van der Waals surface area contributed by atoms with Gasteiger partial charge in [0, 0.05) is 32.1 Å². The maximum absolute atomic E-state index is 11.7. The van der Waals surface area contributed by atoms with Crippen LogP contribution in [0.5, 0.6) is 0 Å². The summed E-state index contributed by atoms with van der Waals surface area (Å²) in [4.78, 5) is 11.7. The van der Waals surface area contributed by atoms with Crippen molar-refractivity contribution in [2.24, 2.45) is 0 Å². The van der Waals surface area contributed by atoms with E-state index < -0.39 is 0 Å². The zero-order valence-electron chi connectivity index (χ0n) is 8.83. The minimum absolute atomic E-state index is 0.297. The molecule has 2 saturated heterocycles. The van der Waals surface area contributed by atoms with Crippen LogP contribution >= 0.6 is 0 Å². The zero-order chi connectivity index (χ0) is 9.97. The summed E-state index contributed by atoms with van der Waals surface area (Å²) >= 11 is 0. The molecule has 1 atom stereocenters. The van der Waals surface area contributed by atoms with Gasteiger partial charge in [0.1, 0.15) is 0 Å². The second-order valence-electron chi connectivity index (χ2n) is 4.02. The maximum atomic E-state index is 11.7. The highest BCUT2D eigenvalue weighted by Crippen LogP contribution is 2.18. The third-order valence-electron chi connectivity index (χ3n) is 3.13. The van der Waals surface area contributed by atoms with E-state index in [9.17, 15) is 4.79 Å². The van der Waals surface area contributed by atoms with Crippen LogP contribution in [0, 0.1) is 0 Å². The molecule has 2 rings (SSSR count). The summed E-state index contributed by atoms with van der Waals surface area (Å²) in [5, 5.41) is 7.55. The lowest BCUT2D eigenvalue weighted by Crippen LogP contribution is -2.55. The average Bonchev–Trinajstić information content (AvgIpc) is 2.70. The normalized spacial score (nSPS) is 29.9. The molecule has 14 heavy (non-hydrogen) atoms. The summed E-state index contributed by atoms with van der Waals surface area (Å²) in [6.45, 7) is 6.04. The average molecular weight is 197 g/mol. The molecule has 0 aromatic carbocycles. The first kappa shape index (κ1) is 9.93. The van der Waals surface area contributed by atoms with Crippen molar-refractivity contribution in [2.45, 2.75) is 32.2 Å². The lowest BCUT2D eigenvalue weighted by Gasteiger charge is -2.41. The monoisotopic (exact) mass is 197 g/mol. The number of hydrogen-bond acceptors (Lipinski definition) is 3. The Balaban J connectivity index is 2.03. The first-order valence-corrected chi connectivity index (χ1v) is 5.60. The number of rotatable bonds is 2. The minimum atomic E-state index is 0.297. The lowest BCUT2D eigenvalue weighted by atomic mass is 10.1. The van der Waals surface area contributed by atoms with Crippen LogP contribution in [0.2, 0.25) is 0 Å². The van der Waals surface area contributed by atoms with Crippen LogP contribution in [-0.2, 0) is 4.79 Å². The van der Waals surface area contributed by atoms with E-state index in [-0.39, 0.29) is 0 Å². The number of nitrogens with one attached hydrogen (secondary N) is 1. The van der Waals surface area contributed by atoms with Crippen molar-refractivity contribution in [1.29, 1.82) is 0 Å². The number of carbonyl (C=O) groups is 1. The summed E-state index contributed by atoms with van der Waals surface area (Å²) in [6.07, 6.45) is 2.92. The third kappa shape index (κ3) is 1.77. The second-order valence-corrected chi connectivity index (χ2v) is 4.02. The molecule has 4 nitrogen and oxygen atoms in total. The quantitative estimate of drug-likeness (QED) is 0.687. The molecule has 0 spiro atoms. The van der Waals surface area contributed by atoms with Gasteiger partial charge in [-0.2, -0.15) is 0 Å². The highest BCUT2D eigenvalue weighted by molar-refractivity contribution is 5.76. The van der Waals surface area contributed by atoms with E-state index in [1.807, 2.05) is 5.01 Å². The molecule has 1 N–H and O–H groups in total. The van der Waals surface area contributed by atoms with E-state index in [0.717, 1.165) is 39.0 Å².